The van der Waals surface area contributed by atoms with E-state index in [4.69, 9.17) is 15.7 Å². The number of hydrogen-bond acceptors (Lipinski definition) is 4. The second-order valence-corrected chi connectivity index (χ2v) is 3.34. The Morgan fingerprint density at radius 2 is 2.54 bits per heavy atom. The molecule has 1 saturated heterocycles. The number of nitrogens with two attached hydrogens (primary N) is 1. The molecule has 3 N–H and O–H groups in total. The van der Waals surface area contributed by atoms with Crippen LogP contribution in [-0.4, -0.2) is 48.8 Å². The first-order valence-corrected chi connectivity index (χ1v) is 4.48. The van der Waals surface area contributed by atoms with Gasteiger partial charge in [0.2, 0.25) is 0 Å². The molecule has 0 aromatic heterocycles. The van der Waals surface area contributed by atoms with E-state index in [-0.39, 0.29) is 5.84 Å². The van der Waals surface area contributed by atoms with Crippen molar-refractivity contribution in [1.29, 1.82) is 0 Å². The molecule has 1 unspecified atom stereocenters. The van der Waals surface area contributed by atoms with E-state index in [1.54, 1.807) is 0 Å². The summed E-state index contributed by atoms with van der Waals surface area (Å²) in [6, 6.07) is 0.492. The lowest BCUT2D eigenvalue weighted by molar-refractivity contribution is 0.160. The fraction of sp³-hybridized carbons (Fsp3) is 0.875. The number of oxime groups is 1. The molecule has 1 aliphatic heterocycles. The van der Waals surface area contributed by atoms with E-state index in [0.717, 1.165) is 26.2 Å². The maximum absolute atomic E-state index is 8.33. The average Bonchev–Trinajstić information content (AvgIpc) is 2.66. The maximum Gasteiger partial charge on any atom is 0.140 e. The summed E-state index contributed by atoms with van der Waals surface area (Å²) in [6.45, 7) is 2.45. The summed E-state index contributed by atoms with van der Waals surface area (Å²) < 4.78 is 5.26. The van der Waals surface area contributed by atoms with Crippen LogP contribution < -0.4 is 5.73 Å². The van der Waals surface area contributed by atoms with Gasteiger partial charge in [0.1, 0.15) is 5.84 Å². The Morgan fingerprint density at radius 3 is 3.08 bits per heavy atom. The van der Waals surface area contributed by atoms with Crippen molar-refractivity contribution >= 4 is 5.84 Å². The van der Waals surface area contributed by atoms with Gasteiger partial charge in [-0.3, -0.25) is 0 Å². The Morgan fingerprint density at radius 1 is 1.77 bits per heavy atom. The van der Waals surface area contributed by atoms with E-state index in [1.165, 1.54) is 0 Å². The quantitative estimate of drug-likeness (QED) is 0.278. The third-order valence-electron chi connectivity index (χ3n) is 2.38. The largest absolute Gasteiger partial charge is 0.409 e. The lowest BCUT2D eigenvalue weighted by Gasteiger charge is -2.22. The first kappa shape index (κ1) is 10.3. The van der Waals surface area contributed by atoms with Crippen LogP contribution in [0, 0.1) is 0 Å². The van der Waals surface area contributed by atoms with Crippen molar-refractivity contribution in [2.24, 2.45) is 10.9 Å². The zero-order chi connectivity index (χ0) is 9.68. The highest BCUT2D eigenvalue weighted by Crippen LogP contribution is 2.10. The van der Waals surface area contributed by atoms with Crippen molar-refractivity contribution in [2.75, 3.05) is 26.8 Å². The van der Waals surface area contributed by atoms with Crippen LogP contribution in [0.25, 0.3) is 0 Å². The van der Waals surface area contributed by atoms with Crippen LogP contribution in [0.4, 0.5) is 0 Å². The molecule has 0 aliphatic carbocycles. The Balaban J connectivity index is 2.20. The van der Waals surface area contributed by atoms with Crippen LogP contribution in [0.15, 0.2) is 5.16 Å². The molecule has 13 heavy (non-hydrogen) atoms. The van der Waals surface area contributed by atoms with Crippen molar-refractivity contribution in [3.8, 4) is 0 Å². The lowest BCUT2D eigenvalue weighted by atomic mass is 10.2. The highest BCUT2D eigenvalue weighted by atomic mass is 16.5. The van der Waals surface area contributed by atoms with Crippen LogP contribution in [0.5, 0.6) is 0 Å². The van der Waals surface area contributed by atoms with E-state index in [1.807, 2.05) is 7.05 Å². The fourth-order valence-corrected chi connectivity index (χ4v) is 1.39. The van der Waals surface area contributed by atoms with Gasteiger partial charge in [-0.2, -0.15) is 0 Å². The van der Waals surface area contributed by atoms with Gasteiger partial charge in [-0.05, 0) is 13.5 Å². The molecule has 0 radical (unpaired) electrons. The fourth-order valence-electron chi connectivity index (χ4n) is 1.39. The van der Waals surface area contributed by atoms with Crippen LogP contribution >= 0.6 is 0 Å². The lowest BCUT2D eigenvalue weighted by Crippen LogP contribution is -2.34. The third-order valence-corrected chi connectivity index (χ3v) is 2.38. The first-order chi connectivity index (χ1) is 6.24. The Kier molecular flexibility index (Phi) is 3.98. The number of amidine groups is 1. The number of nitrogens with zero attached hydrogens (tertiary/aromatic N) is 2. The van der Waals surface area contributed by atoms with Crippen molar-refractivity contribution in [3.63, 3.8) is 0 Å². The molecule has 0 spiro atoms. The SMILES string of the molecule is CN(CCC(N)=NO)C1CCOC1. The van der Waals surface area contributed by atoms with Gasteiger partial charge in [0.15, 0.2) is 0 Å². The highest BCUT2D eigenvalue weighted by Gasteiger charge is 2.19. The van der Waals surface area contributed by atoms with Gasteiger partial charge in [-0.1, -0.05) is 5.16 Å². The molecule has 1 heterocycles. The average molecular weight is 187 g/mol. The molecule has 1 rings (SSSR count). The molecule has 0 amide bonds. The second-order valence-electron chi connectivity index (χ2n) is 3.34. The predicted octanol–water partition coefficient (Wildman–Crippen LogP) is -0.156. The van der Waals surface area contributed by atoms with Crippen molar-refractivity contribution in [2.45, 2.75) is 18.9 Å². The molecule has 0 saturated carbocycles. The molecule has 0 bridgehead atoms. The predicted molar refractivity (Wildman–Crippen MR) is 49.9 cm³/mol. The molecule has 0 aromatic rings. The molecular formula is C8H17N3O2. The van der Waals surface area contributed by atoms with Crippen molar-refractivity contribution < 1.29 is 9.94 Å². The van der Waals surface area contributed by atoms with Crippen LogP contribution in [-0.2, 0) is 4.74 Å². The summed E-state index contributed by atoms with van der Waals surface area (Å²) in [5, 5.41) is 11.3. The van der Waals surface area contributed by atoms with Gasteiger partial charge in [-0.15, -0.1) is 0 Å². The molecule has 1 atom stereocenters. The summed E-state index contributed by atoms with van der Waals surface area (Å²) in [6.07, 6.45) is 1.68. The van der Waals surface area contributed by atoms with Crippen LogP contribution in [0.2, 0.25) is 0 Å². The number of rotatable bonds is 4. The van der Waals surface area contributed by atoms with Crippen LogP contribution in [0.3, 0.4) is 0 Å². The minimum Gasteiger partial charge on any atom is -0.409 e. The topological polar surface area (TPSA) is 71.1 Å². The zero-order valence-electron chi connectivity index (χ0n) is 7.94. The first-order valence-electron chi connectivity index (χ1n) is 4.48. The van der Waals surface area contributed by atoms with Gasteiger partial charge >= 0.3 is 0 Å². The molecule has 1 fully saturated rings. The molecular weight excluding hydrogens is 170 g/mol. The molecule has 5 heteroatoms. The van der Waals surface area contributed by atoms with Crippen molar-refractivity contribution in [3.05, 3.63) is 0 Å². The van der Waals surface area contributed by atoms with E-state index in [0.29, 0.717) is 12.5 Å². The van der Waals surface area contributed by atoms with Gasteiger partial charge in [-0.25, -0.2) is 0 Å². The smallest absolute Gasteiger partial charge is 0.140 e. The van der Waals surface area contributed by atoms with Gasteiger partial charge in [0.05, 0.1) is 6.61 Å². The Hall–Kier alpha value is -0.810. The van der Waals surface area contributed by atoms with E-state index in [9.17, 15) is 0 Å². The van der Waals surface area contributed by atoms with Gasteiger partial charge in [0.25, 0.3) is 0 Å². The Labute approximate surface area is 78.1 Å². The van der Waals surface area contributed by atoms with E-state index in [2.05, 4.69) is 10.1 Å². The summed E-state index contributed by atoms with van der Waals surface area (Å²) >= 11 is 0. The van der Waals surface area contributed by atoms with E-state index < -0.39 is 0 Å². The highest BCUT2D eigenvalue weighted by molar-refractivity contribution is 5.79. The summed E-state index contributed by atoms with van der Waals surface area (Å²) in [5.74, 6) is 0.283. The molecule has 1 aliphatic rings. The zero-order valence-corrected chi connectivity index (χ0v) is 7.94. The van der Waals surface area contributed by atoms with Gasteiger partial charge in [0, 0.05) is 25.6 Å². The van der Waals surface area contributed by atoms with Gasteiger partial charge < -0.3 is 20.6 Å². The monoisotopic (exact) mass is 187 g/mol. The summed E-state index contributed by atoms with van der Waals surface area (Å²) in [5.41, 5.74) is 5.36. The Bertz CT molecular complexity index is 178. The normalized spacial score (nSPS) is 24.2. The number of likely N-dealkylation sites (N-methyl/N-ethyl adjacent to an activating group) is 1. The minimum absolute atomic E-state index is 0.283. The third kappa shape index (κ3) is 3.20. The standard InChI is InChI=1S/C8H17N3O2/c1-11(4-2-8(9)10-12)7-3-5-13-6-7/h7,12H,2-6H2,1H3,(H2,9,10). The number of hydrogen-bond donors (Lipinski definition) is 2. The maximum atomic E-state index is 8.33. The van der Waals surface area contributed by atoms with E-state index >= 15 is 0 Å². The summed E-state index contributed by atoms with van der Waals surface area (Å²) in [7, 11) is 2.03. The molecule has 76 valence electrons. The molecule has 0 aromatic carbocycles. The molecule has 5 nitrogen and oxygen atoms in total. The number of ether oxygens (including phenoxy) is 1. The van der Waals surface area contributed by atoms with Crippen molar-refractivity contribution in [1.82, 2.24) is 4.90 Å². The minimum atomic E-state index is 0.283. The summed E-state index contributed by atoms with van der Waals surface area (Å²) in [4.78, 5) is 2.19. The van der Waals surface area contributed by atoms with Crippen LogP contribution in [0.1, 0.15) is 12.8 Å². The second kappa shape index (κ2) is 5.04.